The van der Waals surface area contributed by atoms with Crippen LogP contribution in [-0.4, -0.2) is 18.4 Å². The predicted octanol–water partition coefficient (Wildman–Crippen LogP) is 2.99. The second kappa shape index (κ2) is 7.00. The standard InChI is InChI=1S/C15H11ClF2N2O2/c16-10-3-1-9(2-4-10)15(22)19-8-14(21)20-11-5-6-12(17)13(18)7-11/h1-7H,8H2,(H,19,22)(H,20,21). The van der Waals surface area contributed by atoms with Crippen molar-refractivity contribution in [3.05, 3.63) is 64.7 Å². The number of anilines is 1. The minimum Gasteiger partial charge on any atom is -0.343 e. The van der Waals surface area contributed by atoms with Crippen LogP contribution in [0, 0.1) is 11.6 Å². The molecule has 2 aromatic carbocycles. The molecule has 0 aliphatic carbocycles. The van der Waals surface area contributed by atoms with Gasteiger partial charge in [-0.1, -0.05) is 11.6 Å². The summed E-state index contributed by atoms with van der Waals surface area (Å²) >= 11 is 5.70. The maximum absolute atomic E-state index is 13.0. The summed E-state index contributed by atoms with van der Waals surface area (Å²) in [5.41, 5.74) is 0.453. The molecule has 0 bridgehead atoms. The monoisotopic (exact) mass is 324 g/mol. The molecule has 0 radical (unpaired) electrons. The van der Waals surface area contributed by atoms with Crippen molar-refractivity contribution in [1.29, 1.82) is 0 Å². The topological polar surface area (TPSA) is 58.2 Å². The van der Waals surface area contributed by atoms with Crippen molar-refractivity contribution < 1.29 is 18.4 Å². The Bertz CT molecular complexity index is 705. The lowest BCUT2D eigenvalue weighted by molar-refractivity contribution is -0.115. The van der Waals surface area contributed by atoms with E-state index in [2.05, 4.69) is 10.6 Å². The summed E-state index contributed by atoms with van der Waals surface area (Å²) in [6, 6.07) is 9.12. The van der Waals surface area contributed by atoms with Crippen LogP contribution in [0.4, 0.5) is 14.5 Å². The molecule has 0 fully saturated rings. The van der Waals surface area contributed by atoms with E-state index in [9.17, 15) is 18.4 Å². The zero-order valence-electron chi connectivity index (χ0n) is 11.2. The molecule has 2 amide bonds. The van der Waals surface area contributed by atoms with E-state index < -0.39 is 23.4 Å². The van der Waals surface area contributed by atoms with Gasteiger partial charge in [-0.3, -0.25) is 9.59 Å². The number of nitrogens with one attached hydrogen (secondary N) is 2. The van der Waals surface area contributed by atoms with Gasteiger partial charge in [0.05, 0.1) is 6.54 Å². The molecule has 0 unspecified atom stereocenters. The quantitative estimate of drug-likeness (QED) is 0.908. The van der Waals surface area contributed by atoms with E-state index in [0.29, 0.717) is 10.6 Å². The van der Waals surface area contributed by atoms with E-state index in [-0.39, 0.29) is 12.2 Å². The van der Waals surface area contributed by atoms with Crippen LogP contribution < -0.4 is 10.6 Å². The van der Waals surface area contributed by atoms with Gasteiger partial charge in [-0.2, -0.15) is 0 Å². The lowest BCUT2D eigenvalue weighted by Gasteiger charge is -2.07. The van der Waals surface area contributed by atoms with E-state index in [1.807, 2.05) is 0 Å². The largest absolute Gasteiger partial charge is 0.343 e. The first-order valence-corrected chi connectivity index (χ1v) is 6.62. The van der Waals surface area contributed by atoms with Crippen molar-refractivity contribution in [2.24, 2.45) is 0 Å². The summed E-state index contributed by atoms with van der Waals surface area (Å²) < 4.78 is 25.7. The molecule has 0 atom stereocenters. The second-order valence-corrected chi connectivity index (χ2v) is 4.80. The Balaban J connectivity index is 1.88. The normalized spacial score (nSPS) is 10.1. The Labute approximate surface area is 130 Å². The van der Waals surface area contributed by atoms with Gasteiger partial charge in [0.2, 0.25) is 5.91 Å². The summed E-state index contributed by atoms with van der Waals surface area (Å²) in [5, 5.41) is 5.24. The average molecular weight is 325 g/mol. The van der Waals surface area contributed by atoms with Crippen LogP contribution in [0.15, 0.2) is 42.5 Å². The van der Waals surface area contributed by atoms with Gasteiger partial charge in [-0.15, -0.1) is 0 Å². The summed E-state index contributed by atoms with van der Waals surface area (Å²) in [7, 11) is 0. The fourth-order valence-electron chi connectivity index (χ4n) is 1.64. The molecule has 0 saturated heterocycles. The Hall–Kier alpha value is -2.47. The molecule has 0 saturated carbocycles. The Morgan fingerprint density at radius 2 is 1.68 bits per heavy atom. The van der Waals surface area contributed by atoms with E-state index in [0.717, 1.165) is 12.1 Å². The van der Waals surface area contributed by atoms with Gasteiger partial charge < -0.3 is 10.6 Å². The van der Waals surface area contributed by atoms with Gasteiger partial charge in [0, 0.05) is 22.3 Å². The summed E-state index contributed by atoms with van der Waals surface area (Å²) in [5.74, 6) is -3.08. The molecule has 7 heteroatoms. The minimum absolute atomic E-state index is 0.102. The zero-order chi connectivity index (χ0) is 16.1. The third-order valence-electron chi connectivity index (χ3n) is 2.72. The van der Waals surface area contributed by atoms with Crippen LogP contribution in [0.5, 0.6) is 0 Å². The first-order valence-electron chi connectivity index (χ1n) is 6.24. The van der Waals surface area contributed by atoms with Crippen molar-refractivity contribution in [2.45, 2.75) is 0 Å². The van der Waals surface area contributed by atoms with E-state index in [4.69, 9.17) is 11.6 Å². The highest BCUT2D eigenvalue weighted by Gasteiger charge is 2.09. The maximum Gasteiger partial charge on any atom is 0.251 e. The number of carbonyl (C=O) groups excluding carboxylic acids is 2. The second-order valence-electron chi connectivity index (χ2n) is 4.37. The highest BCUT2D eigenvalue weighted by molar-refractivity contribution is 6.30. The summed E-state index contributed by atoms with van der Waals surface area (Å²) in [4.78, 5) is 23.4. The molecule has 2 N–H and O–H groups in total. The van der Waals surface area contributed by atoms with E-state index >= 15 is 0 Å². The van der Waals surface area contributed by atoms with Crippen LogP contribution >= 0.6 is 11.6 Å². The molecule has 0 heterocycles. The third kappa shape index (κ3) is 4.26. The van der Waals surface area contributed by atoms with Crippen molar-refractivity contribution in [1.82, 2.24) is 5.32 Å². The van der Waals surface area contributed by atoms with Gasteiger partial charge in [-0.05, 0) is 36.4 Å². The van der Waals surface area contributed by atoms with E-state index in [1.54, 1.807) is 12.1 Å². The van der Waals surface area contributed by atoms with Crippen molar-refractivity contribution in [3.8, 4) is 0 Å². The van der Waals surface area contributed by atoms with Crippen LogP contribution in [0.25, 0.3) is 0 Å². The molecule has 22 heavy (non-hydrogen) atoms. The number of rotatable bonds is 4. The van der Waals surface area contributed by atoms with Crippen LogP contribution in [0.1, 0.15) is 10.4 Å². The number of halogens is 3. The molecule has 2 rings (SSSR count). The minimum atomic E-state index is -1.07. The molecule has 0 spiro atoms. The first kappa shape index (κ1) is 15.9. The zero-order valence-corrected chi connectivity index (χ0v) is 12.0. The number of benzene rings is 2. The van der Waals surface area contributed by atoms with Crippen LogP contribution in [0.3, 0.4) is 0 Å². The van der Waals surface area contributed by atoms with Crippen LogP contribution in [0.2, 0.25) is 5.02 Å². The van der Waals surface area contributed by atoms with Gasteiger partial charge >= 0.3 is 0 Å². The number of carbonyl (C=O) groups is 2. The van der Waals surface area contributed by atoms with Crippen molar-refractivity contribution in [3.63, 3.8) is 0 Å². The maximum atomic E-state index is 13.0. The Kier molecular flexibility index (Phi) is 5.06. The third-order valence-corrected chi connectivity index (χ3v) is 2.97. The molecule has 0 aromatic heterocycles. The molecular formula is C15H11ClF2N2O2. The summed E-state index contributed by atoms with van der Waals surface area (Å²) in [6.07, 6.45) is 0. The van der Waals surface area contributed by atoms with Gasteiger partial charge in [-0.25, -0.2) is 8.78 Å². The Morgan fingerprint density at radius 1 is 1.00 bits per heavy atom. The first-order chi connectivity index (χ1) is 10.5. The van der Waals surface area contributed by atoms with Crippen LogP contribution in [-0.2, 0) is 4.79 Å². The fraction of sp³-hybridized carbons (Fsp3) is 0.0667. The average Bonchev–Trinajstić information content (AvgIpc) is 2.49. The number of amides is 2. The lowest BCUT2D eigenvalue weighted by Crippen LogP contribution is -2.32. The molecular weight excluding hydrogens is 314 g/mol. The SMILES string of the molecule is O=C(CNC(=O)c1ccc(Cl)cc1)Nc1ccc(F)c(F)c1. The lowest BCUT2D eigenvalue weighted by atomic mass is 10.2. The van der Waals surface area contributed by atoms with Gasteiger partial charge in [0.1, 0.15) is 0 Å². The Morgan fingerprint density at radius 3 is 2.32 bits per heavy atom. The van der Waals surface area contributed by atoms with Gasteiger partial charge in [0.25, 0.3) is 5.91 Å². The number of hydrogen-bond acceptors (Lipinski definition) is 2. The number of hydrogen-bond donors (Lipinski definition) is 2. The molecule has 0 aliphatic heterocycles. The fourth-order valence-corrected chi connectivity index (χ4v) is 1.77. The van der Waals surface area contributed by atoms with Gasteiger partial charge in [0.15, 0.2) is 11.6 Å². The molecule has 114 valence electrons. The molecule has 0 aliphatic rings. The highest BCUT2D eigenvalue weighted by atomic mass is 35.5. The van der Waals surface area contributed by atoms with Crippen molar-refractivity contribution >= 4 is 29.1 Å². The summed E-state index contributed by atoms with van der Waals surface area (Å²) in [6.45, 7) is -0.305. The predicted molar refractivity (Wildman–Crippen MR) is 78.8 cm³/mol. The highest BCUT2D eigenvalue weighted by Crippen LogP contribution is 2.13. The molecule has 4 nitrogen and oxygen atoms in total. The molecule has 2 aromatic rings. The van der Waals surface area contributed by atoms with E-state index in [1.165, 1.54) is 18.2 Å². The van der Waals surface area contributed by atoms with Crippen molar-refractivity contribution in [2.75, 3.05) is 11.9 Å². The smallest absolute Gasteiger partial charge is 0.251 e.